The number of anilines is 1. The zero-order valence-electron chi connectivity index (χ0n) is 16.0. The molecule has 150 valence electrons. The summed E-state index contributed by atoms with van der Waals surface area (Å²) in [4.78, 5) is 29.4. The molecule has 1 amide bonds. The van der Waals surface area contributed by atoms with Crippen molar-refractivity contribution < 1.29 is 13.2 Å². The van der Waals surface area contributed by atoms with Crippen LogP contribution in [0.5, 0.6) is 0 Å². The maximum absolute atomic E-state index is 13.2. The van der Waals surface area contributed by atoms with Crippen molar-refractivity contribution in [2.75, 3.05) is 30.8 Å². The molecule has 0 unspecified atom stereocenters. The Morgan fingerprint density at radius 3 is 2.76 bits per heavy atom. The Morgan fingerprint density at radius 1 is 1.17 bits per heavy atom. The molecular formula is C20H21N5O3S. The van der Waals surface area contributed by atoms with Crippen molar-refractivity contribution in [3.63, 3.8) is 0 Å². The summed E-state index contributed by atoms with van der Waals surface area (Å²) >= 11 is 0. The molecule has 29 heavy (non-hydrogen) atoms. The number of hydrogen-bond acceptors (Lipinski definition) is 6. The van der Waals surface area contributed by atoms with E-state index in [2.05, 4.69) is 19.9 Å². The topological polar surface area (TPSA) is 99.3 Å². The van der Waals surface area contributed by atoms with Gasteiger partial charge in [0.1, 0.15) is 17.8 Å². The smallest absolute Gasteiger partial charge is 0.254 e. The molecule has 1 aliphatic heterocycles. The molecule has 2 aromatic heterocycles. The summed E-state index contributed by atoms with van der Waals surface area (Å²) < 4.78 is 23.7. The average Bonchev–Trinajstić information content (AvgIpc) is 3.28. The molecule has 9 heteroatoms. The summed E-state index contributed by atoms with van der Waals surface area (Å²) in [6.45, 7) is 1.94. The number of nitrogens with one attached hydrogen (secondary N) is 1. The van der Waals surface area contributed by atoms with Crippen LogP contribution < -0.4 is 4.90 Å². The SMILES string of the molecule is CS(=O)(=O)c1cccc(C(=O)N2CCN(c3ncnc4[nH]ccc34)CC23CC3)c1. The summed E-state index contributed by atoms with van der Waals surface area (Å²) in [6.07, 6.45) is 6.43. The number of aromatic nitrogens is 3. The third-order valence-corrected chi connectivity index (χ3v) is 6.98. The lowest BCUT2D eigenvalue weighted by Gasteiger charge is -2.43. The van der Waals surface area contributed by atoms with Crippen LogP contribution in [0.25, 0.3) is 11.0 Å². The summed E-state index contributed by atoms with van der Waals surface area (Å²) in [5, 5.41) is 0.976. The van der Waals surface area contributed by atoms with Gasteiger partial charge in [0.05, 0.1) is 15.8 Å². The molecule has 0 radical (unpaired) electrons. The van der Waals surface area contributed by atoms with Gasteiger partial charge in [-0.25, -0.2) is 18.4 Å². The number of rotatable bonds is 3. The minimum absolute atomic E-state index is 0.109. The molecule has 1 N–H and O–H groups in total. The molecule has 5 rings (SSSR count). The maximum Gasteiger partial charge on any atom is 0.254 e. The van der Waals surface area contributed by atoms with Crippen LogP contribution in [0.15, 0.2) is 47.8 Å². The standard InChI is InChI=1S/C20H21N5O3S/c1-29(27,28)15-4-2-3-14(11-15)19(26)25-10-9-24(12-20(25)6-7-20)18-16-5-8-21-17(16)22-13-23-18/h2-5,8,11,13H,6-7,9-10,12H2,1H3,(H,21,22,23). The molecule has 0 atom stereocenters. The van der Waals surface area contributed by atoms with Crippen LogP contribution >= 0.6 is 0 Å². The quantitative estimate of drug-likeness (QED) is 0.706. The second kappa shape index (κ2) is 6.28. The number of carbonyl (C=O) groups is 1. The first-order valence-corrected chi connectivity index (χ1v) is 11.4. The van der Waals surface area contributed by atoms with Crippen LogP contribution in [0.2, 0.25) is 0 Å². The van der Waals surface area contributed by atoms with Gasteiger partial charge in [0.15, 0.2) is 9.84 Å². The van der Waals surface area contributed by atoms with Gasteiger partial charge in [-0.05, 0) is 37.1 Å². The van der Waals surface area contributed by atoms with E-state index in [4.69, 9.17) is 0 Å². The number of benzene rings is 1. The van der Waals surface area contributed by atoms with Crippen LogP contribution in [-0.2, 0) is 9.84 Å². The van der Waals surface area contributed by atoms with Crippen molar-refractivity contribution in [2.24, 2.45) is 0 Å². The molecule has 1 aromatic carbocycles. The van der Waals surface area contributed by atoms with Gasteiger partial charge in [-0.2, -0.15) is 0 Å². The van der Waals surface area contributed by atoms with Crippen molar-refractivity contribution in [3.05, 3.63) is 48.4 Å². The number of hydrogen-bond donors (Lipinski definition) is 1. The minimum atomic E-state index is -3.36. The van der Waals surface area contributed by atoms with E-state index in [-0.39, 0.29) is 16.3 Å². The molecule has 3 heterocycles. The van der Waals surface area contributed by atoms with Crippen molar-refractivity contribution in [3.8, 4) is 0 Å². The Hall–Kier alpha value is -2.94. The Balaban J connectivity index is 1.42. The minimum Gasteiger partial charge on any atom is -0.352 e. The zero-order valence-corrected chi connectivity index (χ0v) is 16.8. The Bertz CT molecular complexity index is 1220. The van der Waals surface area contributed by atoms with Crippen LogP contribution in [0.1, 0.15) is 23.2 Å². The zero-order chi connectivity index (χ0) is 20.2. The molecule has 2 fully saturated rings. The van der Waals surface area contributed by atoms with Crippen molar-refractivity contribution in [1.82, 2.24) is 19.9 Å². The number of sulfone groups is 1. The molecule has 1 aliphatic carbocycles. The highest BCUT2D eigenvalue weighted by Crippen LogP contribution is 2.46. The van der Waals surface area contributed by atoms with Gasteiger partial charge < -0.3 is 14.8 Å². The normalized spacial score (nSPS) is 18.4. The predicted molar refractivity (Wildman–Crippen MR) is 109 cm³/mol. The fourth-order valence-electron chi connectivity index (χ4n) is 4.17. The third-order valence-electron chi connectivity index (χ3n) is 5.87. The second-order valence-corrected chi connectivity index (χ2v) is 9.86. The number of carbonyl (C=O) groups excluding carboxylic acids is 1. The van der Waals surface area contributed by atoms with E-state index in [9.17, 15) is 13.2 Å². The summed E-state index contributed by atoms with van der Waals surface area (Å²) in [5.41, 5.74) is 1.00. The van der Waals surface area contributed by atoms with Crippen molar-refractivity contribution in [2.45, 2.75) is 23.3 Å². The fourth-order valence-corrected chi connectivity index (χ4v) is 4.84. The maximum atomic E-state index is 13.2. The lowest BCUT2D eigenvalue weighted by atomic mass is 10.1. The van der Waals surface area contributed by atoms with E-state index in [1.165, 1.54) is 12.1 Å². The number of amides is 1. The van der Waals surface area contributed by atoms with Crippen LogP contribution in [0, 0.1) is 0 Å². The molecule has 1 spiro atoms. The molecule has 2 aliphatic rings. The molecule has 0 bridgehead atoms. The predicted octanol–water partition coefficient (Wildman–Crippen LogP) is 1.86. The fraction of sp³-hybridized carbons (Fsp3) is 0.350. The summed E-state index contributed by atoms with van der Waals surface area (Å²) in [7, 11) is -3.36. The first-order chi connectivity index (χ1) is 13.9. The lowest BCUT2D eigenvalue weighted by molar-refractivity contribution is 0.0624. The molecule has 3 aromatic rings. The summed E-state index contributed by atoms with van der Waals surface area (Å²) in [6, 6.07) is 8.29. The second-order valence-electron chi connectivity index (χ2n) is 7.84. The van der Waals surface area contributed by atoms with Crippen LogP contribution in [0.4, 0.5) is 5.82 Å². The monoisotopic (exact) mass is 411 g/mol. The van der Waals surface area contributed by atoms with Crippen molar-refractivity contribution in [1.29, 1.82) is 0 Å². The molecule has 1 saturated heterocycles. The Morgan fingerprint density at radius 2 is 2.00 bits per heavy atom. The van der Waals surface area contributed by atoms with Gasteiger partial charge in [-0.1, -0.05) is 6.07 Å². The van der Waals surface area contributed by atoms with E-state index in [0.29, 0.717) is 25.2 Å². The first kappa shape index (κ1) is 18.1. The van der Waals surface area contributed by atoms with E-state index in [1.807, 2.05) is 17.2 Å². The van der Waals surface area contributed by atoms with Crippen LogP contribution in [-0.4, -0.2) is 65.6 Å². The number of nitrogens with zero attached hydrogens (tertiary/aromatic N) is 4. The van der Waals surface area contributed by atoms with Gasteiger partial charge in [0.2, 0.25) is 0 Å². The highest BCUT2D eigenvalue weighted by molar-refractivity contribution is 7.90. The van der Waals surface area contributed by atoms with Crippen LogP contribution in [0.3, 0.4) is 0 Å². The van der Waals surface area contributed by atoms with Gasteiger partial charge in [0, 0.05) is 37.7 Å². The number of H-pyrrole nitrogens is 1. The summed E-state index contributed by atoms with van der Waals surface area (Å²) in [5.74, 6) is 0.774. The number of piperazine rings is 1. The third kappa shape index (κ3) is 3.05. The first-order valence-electron chi connectivity index (χ1n) is 9.53. The molecule has 1 saturated carbocycles. The van der Waals surface area contributed by atoms with E-state index in [1.54, 1.807) is 18.5 Å². The Labute approximate surface area is 168 Å². The van der Waals surface area contributed by atoms with E-state index in [0.717, 1.165) is 35.9 Å². The molecular weight excluding hydrogens is 390 g/mol. The number of fused-ring (bicyclic) bond motifs is 1. The van der Waals surface area contributed by atoms with E-state index < -0.39 is 9.84 Å². The van der Waals surface area contributed by atoms with Gasteiger partial charge >= 0.3 is 0 Å². The average molecular weight is 411 g/mol. The molecule has 8 nitrogen and oxygen atoms in total. The van der Waals surface area contributed by atoms with Gasteiger partial charge in [-0.3, -0.25) is 4.79 Å². The van der Waals surface area contributed by atoms with Gasteiger partial charge in [0.25, 0.3) is 5.91 Å². The Kier molecular flexibility index (Phi) is 3.92. The number of aromatic amines is 1. The lowest BCUT2D eigenvalue weighted by Crippen LogP contribution is -2.57. The highest BCUT2D eigenvalue weighted by Gasteiger charge is 2.53. The van der Waals surface area contributed by atoms with Crippen molar-refractivity contribution >= 4 is 32.6 Å². The van der Waals surface area contributed by atoms with E-state index >= 15 is 0 Å². The highest BCUT2D eigenvalue weighted by atomic mass is 32.2. The largest absolute Gasteiger partial charge is 0.352 e. The van der Waals surface area contributed by atoms with Gasteiger partial charge in [-0.15, -0.1) is 0 Å².